The monoisotopic (exact) mass is 364 g/mol. The van der Waals surface area contributed by atoms with E-state index in [1.807, 2.05) is 35.2 Å². The van der Waals surface area contributed by atoms with Crippen molar-refractivity contribution >= 4 is 17.7 Å². The minimum absolute atomic E-state index is 0.00263. The van der Waals surface area contributed by atoms with E-state index in [1.54, 1.807) is 24.5 Å². The quantitative estimate of drug-likeness (QED) is 0.887. The third-order valence-electron chi connectivity index (χ3n) is 4.84. The molecule has 5 heteroatoms. The normalized spacial score (nSPS) is 18.8. The molecule has 1 unspecified atom stereocenters. The van der Waals surface area contributed by atoms with Crippen LogP contribution in [0.15, 0.2) is 66.4 Å². The van der Waals surface area contributed by atoms with E-state index in [2.05, 4.69) is 5.32 Å². The minimum atomic E-state index is -0.254. The highest BCUT2D eigenvalue weighted by Crippen LogP contribution is 2.26. The number of nitrogens with zero attached hydrogens (tertiary/aromatic N) is 1. The molecule has 27 heavy (non-hydrogen) atoms. The Labute approximate surface area is 157 Å². The van der Waals surface area contributed by atoms with Gasteiger partial charge in [0.1, 0.15) is 11.6 Å². The maximum atomic E-state index is 13.1. The molecule has 2 aliphatic rings. The van der Waals surface area contributed by atoms with Crippen LogP contribution >= 0.6 is 0 Å². The standard InChI is InChI=1S/C22H21FN2O2/c23-18-7-9-19(10-8-18)24-20-5-3-12-25(15-20)22(26)17-11-13-27-21-6-2-1-4-16(21)14-17/h1-2,4,6-11,13-14,20,24H,3,5,12,15H2. The fourth-order valence-corrected chi connectivity index (χ4v) is 3.48. The average Bonchev–Trinajstić information content (AvgIpc) is 2.92. The van der Waals surface area contributed by atoms with Gasteiger partial charge in [-0.25, -0.2) is 4.39 Å². The van der Waals surface area contributed by atoms with Crippen LogP contribution in [0.25, 0.3) is 6.08 Å². The lowest BCUT2D eigenvalue weighted by Crippen LogP contribution is -2.45. The largest absolute Gasteiger partial charge is 0.464 e. The molecule has 1 amide bonds. The number of ether oxygens (including phenoxy) is 1. The molecule has 2 heterocycles. The molecule has 1 fully saturated rings. The van der Waals surface area contributed by atoms with Crippen molar-refractivity contribution in [3.8, 4) is 5.75 Å². The first kappa shape index (κ1) is 17.3. The smallest absolute Gasteiger partial charge is 0.254 e. The zero-order chi connectivity index (χ0) is 18.6. The Morgan fingerprint density at radius 3 is 2.81 bits per heavy atom. The molecule has 2 aliphatic heterocycles. The van der Waals surface area contributed by atoms with Crippen molar-refractivity contribution in [2.45, 2.75) is 18.9 Å². The third-order valence-corrected chi connectivity index (χ3v) is 4.84. The maximum Gasteiger partial charge on any atom is 0.254 e. The number of para-hydroxylation sites is 1. The highest BCUT2D eigenvalue weighted by Gasteiger charge is 2.25. The second-order valence-corrected chi connectivity index (χ2v) is 6.80. The second kappa shape index (κ2) is 7.66. The van der Waals surface area contributed by atoms with Gasteiger partial charge in [-0.1, -0.05) is 18.2 Å². The molecule has 1 atom stereocenters. The van der Waals surface area contributed by atoms with Gasteiger partial charge in [0.2, 0.25) is 0 Å². The van der Waals surface area contributed by atoms with Gasteiger partial charge in [0, 0.05) is 36.0 Å². The number of benzene rings is 2. The minimum Gasteiger partial charge on any atom is -0.464 e. The van der Waals surface area contributed by atoms with E-state index in [1.165, 1.54) is 12.1 Å². The summed E-state index contributed by atoms with van der Waals surface area (Å²) in [6.07, 6.45) is 7.06. The Morgan fingerprint density at radius 1 is 1.15 bits per heavy atom. The van der Waals surface area contributed by atoms with Crippen molar-refractivity contribution in [2.24, 2.45) is 0 Å². The molecular formula is C22H21FN2O2. The molecule has 0 aromatic heterocycles. The number of piperidine rings is 1. The first-order valence-corrected chi connectivity index (χ1v) is 9.14. The number of hydrogen-bond donors (Lipinski definition) is 1. The van der Waals surface area contributed by atoms with Crippen LogP contribution in [0.5, 0.6) is 5.75 Å². The highest BCUT2D eigenvalue weighted by atomic mass is 19.1. The number of nitrogens with one attached hydrogen (secondary N) is 1. The summed E-state index contributed by atoms with van der Waals surface area (Å²) in [5.74, 6) is 0.485. The summed E-state index contributed by atoms with van der Waals surface area (Å²) < 4.78 is 18.7. The fraction of sp³-hybridized carbons (Fsp3) is 0.227. The van der Waals surface area contributed by atoms with Crippen LogP contribution in [0.4, 0.5) is 10.1 Å². The number of carbonyl (C=O) groups excluding carboxylic acids is 1. The van der Waals surface area contributed by atoms with Gasteiger partial charge in [-0.15, -0.1) is 0 Å². The molecule has 4 nitrogen and oxygen atoms in total. The van der Waals surface area contributed by atoms with Gasteiger partial charge < -0.3 is 15.0 Å². The zero-order valence-corrected chi connectivity index (χ0v) is 14.9. The molecule has 4 rings (SSSR count). The van der Waals surface area contributed by atoms with Crippen molar-refractivity contribution < 1.29 is 13.9 Å². The van der Waals surface area contributed by atoms with E-state index in [0.717, 1.165) is 36.4 Å². The molecule has 0 spiro atoms. The van der Waals surface area contributed by atoms with E-state index >= 15 is 0 Å². The number of fused-ring (bicyclic) bond motifs is 1. The molecule has 2 aromatic rings. The summed E-state index contributed by atoms with van der Waals surface area (Å²) in [5.41, 5.74) is 2.37. The summed E-state index contributed by atoms with van der Waals surface area (Å²) in [7, 11) is 0. The number of hydrogen-bond acceptors (Lipinski definition) is 3. The molecule has 1 N–H and O–H groups in total. The summed E-state index contributed by atoms with van der Waals surface area (Å²) in [6.45, 7) is 1.35. The Hall–Kier alpha value is -3.08. The lowest BCUT2D eigenvalue weighted by atomic mass is 10.0. The maximum absolute atomic E-state index is 13.1. The molecule has 2 aromatic carbocycles. The van der Waals surface area contributed by atoms with Crippen molar-refractivity contribution in [3.05, 3.63) is 77.8 Å². The topological polar surface area (TPSA) is 41.6 Å². The Bertz CT molecular complexity index is 889. The molecule has 0 aliphatic carbocycles. The van der Waals surface area contributed by atoms with Crippen molar-refractivity contribution in [1.82, 2.24) is 4.90 Å². The molecule has 1 saturated heterocycles. The zero-order valence-electron chi connectivity index (χ0n) is 14.9. The molecule has 0 radical (unpaired) electrons. The van der Waals surface area contributed by atoms with Gasteiger partial charge >= 0.3 is 0 Å². The fourth-order valence-electron chi connectivity index (χ4n) is 3.48. The van der Waals surface area contributed by atoms with Crippen LogP contribution in [-0.2, 0) is 4.79 Å². The number of carbonyl (C=O) groups is 1. The van der Waals surface area contributed by atoms with Crippen LogP contribution in [-0.4, -0.2) is 29.9 Å². The van der Waals surface area contributed by atoms with Gasteiger partial charge in [-0.05, 0) is 55.3 Å². The first-order chi connectivity index (χ1) is 13.2. The molecule has 138 valence electrons. The number of rotatable bonds is 3. The van der Waals surface area contributed by atoms with E-state index in [0.29, 0.717) is 12.1 Å². The summed E-state index contributed by atoms with van der Waals surface area (Å²) in [5, 5.41) is 3.40. The van der Waals surface area contributed by atoms with Gasteiger partial charge in [0.25, 0.3) is 5.91 Å². The Morgan fingerprint density at radius 2 is 1.96 bits per heavy atom. The van der Waals surface area contributed by atoms with Crippen molar-refractivity contribution in [3.63, 3.8) is 0 Å². The van der Waals surface area contributed by atoms with E-state index < -0.39 is 0 Å². The molecular weight excluding hydrogens is 343 g/mol. The highest BCUT2D eigenvalue weighted by molar-refractivity contribution is 6.01. The van der Waals surface area contributed by atoms with Gasteiger partial charge in [-0.3, -0.25) is 4.79 Å². The predicted octanol–water partition coefficient (Wildman–Crippen LogP) is 4.22. The first-order valence-electron chi connectivity index (χ1n) is 9.14. The van der Waals surface area contributed by atoms with Crippen LogP contribution in [0.3, 0.4) is 0 Å². The molecule has 0 saturated carbocycles. The number of anilines is 1. The van der Waals surface area contributed by atoms with Crippen LogP contribution < -0.4 is 10.1 Å². The van der Waals surface area contributed by atoms with E-state index in [-0.39, 0.29) is 17.8 Å². The summed E-state index contributed by atoms with van der Waals surface area (Å²) >= 11 is 0. The van der Waals surface area contributed by atoms with Crippen LogP contribution in [0.2, 0.25) is 0 Å². The predicted molar refractivity (Wildman–Crippen MR) is 104 cm³/mol. The van der Waals surface area contributed by atoms with Crippen molar-refractivity contribution in [1.29, 1.82) is 0 Å². The Balaban J connectivity index is 1.47. The van der Waals surface area contributed by atoms with Gasteiger partial charge in [-0.2, -0.15) is 0 Å². The number of halogens is 1. The van der Waals surface area contributed by atoms with E-state index in [4.69, 9.17) is 4.74 Å². The lowest BCUT2D eigenvalue weighted by Gasteiger charge is -2.34. The molecule has 0 bridgehead atoms. The van der Waals surface area contributed by atoms with E-state index in [9.17, 15) is 9.18 Å². The van der Waals surface area contributed by atoms with Gasteiger partial charge in [0.05, 0.1) is 6.26 Å². The number of likely N-dealkylation sites (tertiary alicyclic amines) is 1. The second-order valence-electron chi connectivity index (χ2n) is 6.80. The van der Waals surface area contributed by atoms with Crippen LogP contribution in [0.1, 0.15) is 18.4 Å². The Kier molecular flexibility index (Phi) is 4.92. The lowest BCUT2D eigenvalue weighted by molar-refractivity contribution is -0.127. The van der Waals surface area contributed by atoms with Crippen molar-refractivity contribution in [2.75, 3.05) is 18.4 Å². The number of amides is 1. The van der Waals surface area contributed by atoms with Gasteiger partial charge in [0.15, 0.2) is 0 Å². The summed E-state index contributed by atoms with van der Waals surface area (Å²) in [4.78, 5) is 14.9. The SMILES string of the molecule is O=C(C1=Cc2ccccc2OC=C1)N1CCCC(Nc2ccc(F)cc2)C1. The average molecular weight is 364 g/mol. The third kappa shape index (κ3) is 4.03. The summed E-state index contributed by atoms with van der Waals surface area (Å²) in [6, 6.07) is 14.1. The van der Waals surface area contributed by atoms with Crippen LogP contribution in [0, 0.1) is 5.82 Å².